The molecular formula is C17H23N3O4S. The van der Waals surface area contributed by atoms with Crippen molar-refractivity contribution >= 4 is 10.0 Å². The van der Waals surface area contributed by atoms with E-state index in [9.17, 15) is 8.42 Å². The van der Waals surface area contributed by atoms with Crippen molar-refractivity contribution in [2.75, 3.05) is 0 Å². The van der Waals surface area contributed by atoms with Gasteiger partial charge in [-0.05, 0) is 37.8 Å². The summed E-state index contributed by atoms with van der Waals surface area (Å²) in [5.41, 5.74) is 0. The van der Waals surface area contributed by atoms with Gasteiger partial charge in [0.25, 0.3) is 15.9 Å². The summed E-state index contributed by atoms with van der Waals surface area (Å²) in [6.45, 7) is 0. The zero-order valence-electron chi connectivity index (χ0n) is 14.1. The quantitative estimate of drug-likeness (QED) is 0.813. The number of hydrogen-bond donors (Lipinski definition) is 1. The van der Waals surface area contributed by atoms with Crippen LogP contribution >= 0.6 is 0 Å². The maximum atomic E-state index is 12.6. The summed E-state index contributed by atoms with van der Waals surface area (Å²) in [6.07, 6.45) is 9.51. The molecule has 0 amide bonds. The zero-order chi connectivity index (χ0) is 17.3. The van der Waals surface area contributed by atoms with Gasteiger partial charge in [0, 0.05) is 12.0 Å². The summed E-state index contributed by atoms with van der Waals surface area (Å²) in [5.74, 6) is 1.46. The number of rotatable bonds is 5. The number of sulfonamides is 1. The van der Waals surface area contributed by atoms with Gasteiger partial charge in [0.15, 0.2) is 5.76 Å². The molecule has 0 saturated heterocycles. The fraction of sp³-hybridized carbons (Fsp3) is 0.647. The molecule has 0 atom stereocenters. The summed E-state index contributed by atoms with van der Waals surface area (Å²) >= 11 is 0. The number of aromatic nitrogens is 2. The van der Waals surface area contributed by atoms with Crippen molar-refractivity contribution in [3.05, 3.63) is 18.0 Å². The third-order valence-electron chi connectivity index (χ3n) is 5.13. The van der Waals surface area contributed by atoms with E-state index >= 15 is 0 Å². The highest BCUT2D eigenvalue weighted by molar-refractivity contribution is 7.89. The molecule has 0 bridgehead atoms. The van der Waals surface area contributed by atoms with Crippen LogP contribution in [0.4, 0.5) is 0 Å². The second-order valence-electron chi connectivity index (χ2n) is 7.00. The monoisotopic (exact) mass is 365 g/mol. The predicted octanol–water partition coefficient (Wildman–Crippen LogP) is 3.60. The van der Waals surface area contributed by atoms with Gasteiger partial charge in [0.1, 0.15) is 0 Å². The van der Waals surface area contributed by atoms with Gasteiger partial charge < -0.3 is 8.83 Å². The molecular weight excluding hydrogens is 342 g/mol. The Morgan fingerprint density at radius 3 is 2.36 bits per heavy atom. The molecule has 2 saturated carbocycles. The van der Waals surface area contributed by atoms with Crippen LogP contribution in [0.5, 0.6) is 0 Å². The van der Waals surface area contributed by atoms with Gasteiger partial charge >= 0.3 is 0 Å². The SMILES string of the molecule is O=S(=O)(NC1CCCCCC1)c1ccc(-c2nnc(C3CCC3)o2)o1. The van der Waals surface area contributed by atoms with Gasteiger partial charge in [0.05, 0.1) is 0 Å². The predicted molar refractivity (Wildman–Crippen MR) is 90.4 cm³/mol. The number of nitrogens with zero attached hydrogens (tertiary/aromatic N) is 2. The Kier molecular flexibility index (Phi) is 4.64. The van der Waals surface area contributed by atoms with E-state index in [-0.39, 0.29) is 17.0 Å². The molecule has 25 heavy (non-hydrogen) atoms. The lowest BCUT2D eigenvalue weighted by Crippen LogP contribution is -2.34. The summed E-state index contributed by atoms with van der Waals surface area (Å²) in [5, 5.41) is 7.93. The van der Waals surface area contributed by atoms with Crippen molar-refractivity contribution in [2.24, 2.45) is 0 Å². The van der Waals surface area contributed by atoms with E-state index in [0.717, 1.165) is 38.5 Å². The highest BCUT2D eigenvalue weighted by Crippen LogP contribution is 2.36. The first kappa shape index (κ1) is 16.8. The number of nitrogens with one attached hydrogen (secondary N) is 1. The Morgan fingerprint density at radius 2 is 1.68 bits per heavy atom. The summed E-state index contributed by atoms with van der Waals surface area (Å²) < 4.78 is 39.0. The zero-order valence-corrected chi connectivity index (χ0v) is 14.9. The van der Waals surface area contributed by atoms with E-state index in [1.165, 1.54) is 25.3 Å². The minimum absolute atomic E-state index is 0.0188. The van der Waals surface area contributed by atoms with Crippen LogP contribution in [-0.2, 0) is 10.0 Å². The molecule has 4 rings (SSSR count). The van der Waals surface area contributed by atoms with Crippen LogP contribution in [0.2, 0.25) is 0 Å². The van der Waals surface area contributed by atoms with E-state index in [2.05, 4.69) is 14.9 Å². The standard InChI is InChI=1S/C17H23N3O4S/c21-25(22,20-13-8-3-1-2-4-9-13)15-11-10-14(23-15)17-19-18-16(24-17)12-6-5-7-12/h10-13,20H,1-9H2. The molecule has 1 N–H and O–H groups in total. The highest BCUT2D eigenvalue weighted by atomic mass is 32.2. The normalized spacial score (nSPS) is 20.3. The Labute approximate surface area is 147 Å². The third-order valence-corrected chi connectivity index (χ3v) is 6.52. The Balaban J connectivity index is 1.48. The molecule has 0 aliphatic heterocycles. The van der Waals surface area contributed by atoms with E-state index in [1.807, 2.05) is 0 Å². The van der Waals surface area contributed by atoms with Crippen LogP contribution in [0.3, 0.4) is 0 Å². The van der Waals surface area contributed by atoms with Gasteiger partial charge in [-0.15, -0.1) is 10.2 Å². The smallest absolute Gasteiger partial charge is 0.283 e. The highest BCUT2D eigenvalue weighted by Gasteiger charge is 2.28. The van der Waals surface area contributed by atoms with Crippen LogP contribution in [0, 0.1) is 0 Å². The molecule has 8 heteroatoms. The van der Waals surface area contributed by atoms with Crippen molar-refractivity contribution in [2.45, 2.75) is 74.8 Å². The maximum absolute atomic E-state index is 12.6. The summed E-state index contributed by atoms with van der Waals surface area (Å²) in [4.78, 5) is 0. The van der Waals surface area contributed by atoms with Crippen molar-refractivity contribution in [3.63, 3.8) is 0 Å². The van der Waals surface area contributed by atoms with E-state index < -0.39 is 10.0 Å². The average molecular weight is 365 g/mol. The Bertz CT molecular complexity index is 815. The first-order valence-corrected chi connectivity index (χ1v) is 10.6. The Morgan fingerprint density at radius 1 is 0.920 bits per heavy atom. The molecule has 0 radical (unpaired) electrons. The van der Waals surface area contributed by atoms with Crippen molar-refractivity contribution in [1.82, 2.24) is 14.9 Å². The second kappa shape index (κ2) is 6.92. The minimum atomic E-state index is -3.67. The number of furan rings is 1. The summed E-state index contributed by atoms with van der Waals surface area (Å²) in [7, 11) is -3.67. The molecule has 0 unspecified atom stereocenters. The molecule has 2 heterocycles. The van der Waals surface area contributed by atoms with Gasteiger partial charge in [-0.25, -0.2) is 13.1 Å². The second-order valence-corrected chi connectivity index (χ2v) is 8.65. The molecule has 2 aliphatic carbocycles. The minimum Gasteiger partial charge on any atom is -0.438 e. The van der Waals surface area contributed by atoms with E-state index in [0.29, 0.717) is 17.6 Å². The molecule has 7 nitrogen and oxygen atoms in total. The van der Waals surface area contributed by atoms with Gasteiger partial charge in [-0.1, -0.05) is 32.1 Å². The maximum Gasteiger partial charge on any atom is 0.283 e. The molecule has 136 valence electrons. The van der Waals surface area contributed by atoms with E-state index in [4.69, 9.17) is 8.83 Å². The first-order chi connectivity index (χ1) is 12.1. The molecule has 2 fully saturated rings. The molecule has 0 spiro atoms. The van der Waals surface area contributed by atoms with Crippen molar-refractivity contribution < 1.29 is 17.3 Å². The fourth-order valence-corrected chi connectivity index (χ4v) is 4.65. The molecule has 2 aliphatic rings. The van der Waals surface area contributed by atoms with Crippen LogP contribution < -0.4 is 4.72 Å². The third kappa shape index (κ3) is 3.64. The van der Waals surface area contributed by atoms with Crippen molar-refractivity contribution in [3.8, 4) is 11.7 Å². The van der Waals surface area contributed by atoms with Gasteiger partial charge in [-0.3, -0.25) is 0 Å². The number of hydrogen-bond acceptors (Lipinski definition) is 6. The molecule has 0 aromatic carbocycles. The van der Waals surface area contributed by atoms with Gasteiger partial charge in [0.2, 0.25) is 11.0 Å². The summed E-state index contributed by atoms with van der Waals surface area (Å²) in [6, 6.07) is 3.00. The van der Waals surface area contributed by atoms with Crippen LogP contribution in [0.1, 0.15) is 69.6 Å². The topological polar surface area (TPSA) is 98.2 Å². The largest absolute Gasteiger partial charge is 0.438 e. The molecule has 2 aromatic rings. The fourth-order valence-electron chi connectivity index (χ4n) is 3.41. The Hall–Kier alpha value is -1.67. The van der Waals surface area contributed by atoms with Crippen LogP contribution in [-0.4, -0.2) is 24.7 Å². The lowest BCUT2D eigenvalue weighted by Gasteiger charge is -2.20. The van der Waals surface area contributed by atoms with E-state index in [1.54, 1.807) is 6.07 Å². The lowest BCUT2D eigenvalue weighted by atomic mass is 9.85. The van der Waals surface area contributed by atoms with Crippen LogP contribution in [0.25, 0.3) is 11.7 Å². The van der Waals surface area contributed by atoms with Gasteiger partial charge in [-0.2, -0.15) is 0 Å². The first-order valence-electron chi connectivity index (χ1n) is 9.08. The molecule has 2 aromatic heterocycles. The van der Waals surface area contributed by atoms with Crippen molar-refractivity contribution in [1.29, 1.82) is 0 Å². The van der Waals surface area contributed by atoms with Crippen LogP contribution in [0.15, 0.2) is 26.1 Å². The average Bonchev–Trinajstić information content (AvgIpc) is 3.12. The lowest BCUT2D eigenvalue weighted by molar-refractivity contribution is 0.334.